The van der Waals surface area contributed by atoms with Crippen LogP contribution >= 0.6 is 11.6 Å². The molecule has 1 heterocycles. The Balaban J connectivity index is 3.05. The molecule has 0 aliphatic carbocycles. The summed E-state index contributed by atoms with van der Waals surface area (Å²) < 4.78 is 42.2. The second-order valence-electron chi connectivity index (χ2n) is 3.94. The maximum Gasteiger partial charge on any atom is 0.433 e. The van der Waals surface area contributed by atoms with E-state index in [2.05, 4.69) is 4.98 Å². The number of hydrogen-bond donors (Lipinski definition) is 1. The summed E-state index contributed by atoms with van der Waals surface area (Å²) in [4.78, 5) is 3.24. The SMILES string of the molecule is CCOCC(C)(O)c1ccc(C(F)(F)F)nc1Cl. The predicted octanol–water partition coefficient (Wildman–Crippen LogP) is 3.00. The molecule has 7 heteroatoms. The van der Waals surface area contributed by atoms with E-state index in [4.69, 9.17) is 16.3 Å². The summed E-state index contributed by atoms with van der Waals surface area (Å²) in [6.45, 7) is 3.44. The summed E-state index contributed by atoms with van der Waals surface area (Å²) in [5.41, 5.74) is -2.47. The van der Waals surface area contributed by atoms with Crippen molar-refractivity contribution in [1.82, 2.24) is 4.98 Å². The summed E-state index contributed by atoms with van der Waals surface area (Å²) in [6, 6.07) is 1.89. The zero-order chi connectivity index (χ0) is 14.0. The number of hydrogen-bond acceptors (Lipinski definition) is 3. The number of halogens is 4. The van der Waals surface area contributed by atoms with Crippen molar-refractivity contribution in [2.75, 3.05) is 13.2 Å². The lowest BCUT2D eigenvalue weighted by molar-refractivity contribution is -0.141. The number of aromatic nitrogens is 1. The fourth-order valence-electron chi connectivity index (χ4n) is 1.37. The first-order chi connectivity index (χ1) is 8.18. The van der Waals surface area contributed by atoms with Gasteiger partial charge in [-0.1, -0.05) is 17.7 Å². The van der Waals surface area contributed by atoms with Crippen LogP contribution in [0.2, 0.25) is 5.15 Å². The Hall–Kier alpha value is -0.850. The van der Waals surface area contributed by atoms with Crippen LogP contribution in [0.4, 0.5) is 13.2 Å². The molecule has 1 N–H and O–H groups in total. The first kappa shape index (κ1) is 15.2. The van der Waals surface area contributed by atoms with Crippen LogP contribution in [0.1, 0.15) is 25.1 Å². The summed E-state index contributed by atoms with van der Waals surface area (Å²) >= 11 is 5.67. The smallest absolute Gasteiger partial charge is 0.383 e. The minimum Gasteiger partial charge on any atom is -0.383 e. The van der Waals surface area contributed by atoms with Gasteiger partial charge in [0.25, 0.3) is 0 Å². The second kappa shape index (κ2) is 5.42. The van der Waals surface area contributed by atoms with Crippen LogP contribution in [0.15, 0.2) is 12.1 Å². The monoisotopic (exact) mass is 283 g/mol. The van der Waals surface area contributed by atoms with Gasteiger partial charge in [-0.3, -0.25) is 0 Å². The van der Waals surface area contributed by atoms with Gasteiger partial charge in [-0.05, 0) is 19.9 Å². The molecule has 0 radical (unpaired) electrons. The highest BCUT2D eigenvalue weighted by atomic mass is 35.5. The molecule has 3 nitrogen and oxygen atoms in total. The van der Waals surface area contributed by atoms with E-state index in [0.29, 0.717) is 6.61 Å². The number of alkyl halides is 3. The molecule has 0 saturated carbocycles. The third kappa shape index (κ3) is 3.57. The number of nitrogens with zero attached hydrogens (tertiary/aromatic N) is 1. The van der Waals surface area contributed by atoms with Crippen LogP contribution < -0.4 is 0 Å². The number of aliphatic hydroxyl groups is 1. The lowest BCUT2D eigenvalue weighted by Crippen LogP contribution is -2.29. The van der Waals surface area contributed by atoms with Gasteiger partial charge in [-0.15, -0.1) is 0 Å². The van der Waals surface area contributed by atoms with E-state index in [1.165, 1.54) is 6.92 Å². The fourth-order valence-corrected chi connectivity index (χ4v) is 1.73. The molecule has 18 heavy (non-hydrogen) atoms. The maximum atomic E-state index is 12.4. The summed E-state index contributed by atoms with van der Waals surface area (Å²) in [5, 5.41) is 9.68. The molecule has 1 aromatic rings. The highest BCUT2D eigenvalue weighted by Crippen LogP contribution is 2.32. The van der Waals surface area contributed by atoms with E-state index in [1.54, 1.807) is 6.92 Å². The quantitative estimate of drug-likeness (QED) is 0.864. The molecule has 1 atom stereocenters. The fraction of sp³-hybridized carbons (Fsp3) is 0.545. The Labute approximate surface area is 108 Å². The topological polar surface area (TPSA) is 42.4 Å². The van der Waals surface area contributed by atoms with Crippen molar-refractivity contribution < 1.29 is 23.0 Å². The van der Waals surface area contributed by atoms with Gasteiger partial charge in [0.1, 0.15) is 16.4 Å². The average molecular weight is 284 g/mol. The van der Waals surface area contributed by atoms with Gasteiger partial charge in [-0.2, -0.15) is 13.2 Å². The second-order valence-corrected chi connectivity index (χ2v) is 4.30. The molecular formula is C11H13ClF3NO2. The van der Waals surface area contributed by atoms with Crippen molar-refractivity contribution in [1.29, 1.82) is 0 Å². The molecule has 0 saturated heterocycles. The Morgan fingerprint density at radius 1 is 1.39 bits per heavy atom. The van der Waals surface area contributed by atoms with Gasteiger partial charge < -0.3 is 9.84 Å². The van der Waals surface area contributed by atoms with Gasteiger partial charge in [-0.25, -0.2) is 4.98 Å². The van der Waals surface area contributed by atoms with E-state index in [0.717, 1.165) is 12.1 Å². The lowest BCUT2D eigenvalue weighted by atomic mass is 9.98. The zero-order valence-electron chi connectivity index (χ0n) is 9.88. The molecule has 0 bridgehead atoms. The van der Waals surface area contributed by atoms with Crippen LogP contribution in [0.3, 0.4) is 0 Å². The van der Waals surface area contributed by atoms with Crippen LogP contribution in [-0.4, -0.2) is 23.3 Å². The molecule has 102 valence electrons. The van der Waals surface area contributed by atoms with E-state index < -0.39 is 17.5 Å². The molecule has 0 aliphatic rings. The summed E-state index contributed by atoms with van der Waals surface area (Å²) in [6.07, 6.45) is -4.56. The normalized spacial score (nSPS) is 15.5. The Morgan fingerprint density at radius 3 is 2.44 bits per heavy atom. The maximum absolute atomic E-state index is 12.4. The van der Waals surface area contributed by atoms with Crippen molar-refractivity contribution in [3.63, 3.8) is 0 Å². The number of pyridine rings is 1. The predicted molar refractivity (Wildman–Crippen MR) is 60.3 cm³/mol. The van der Waals surface area contributed by atoms with E-state index in [9.17, 15) is 18.3 Å². The molecule has 0 aliphatic heterocycles. The highest BCUT2D eigenvalue weighted by molar-refractivity contribution is 6.30. The zero-order valence-corrected chi connectivity index (χ0v) is 10.6. The van der Waals surface area contributed by atoms with Crippen LogP contribution in [0.25, 0.3) is 0 Å². The van der Waals surface area contributed by atoms with E-state index >= 15 is 0 Å². The van der Waals surface area contributed by atoms with Crippen molar-refractivity contribution in [3.8, 4) is 0 Å². The third-order valence-corrected chi connectivity index (χ3v) is 2.59. The molecule has 0 fully saturated rings. The van der Waals surface area contributed by atoms with Crippen molar-refractivity contribution in [2.45, 2.75) is 25.6 Å². The molecular weight excluding hydrogens is 271 g/mol. The lowest BCUT2D eigenvalue weighted by Gasteiger charge is -2.24. The van der Waals surface area contributed by atoms with Crippen LogP contribution in [-0.2, 0) is 16.5 Å². The van der Waals surface area contributed by atoms with E-state index in [1.807, 2.05) is 0 Å². The number of rotatable bonds is 4. The molecule has 1 rings (SSSR count). The Kier molecular flexibility index (Phi) is 4.58. The van der Waals surface area contributed by atoms with Crippen LogP contribution in [0, 0.1) is 0 Å². The average Bonchev–Trinajstić information content (AvgIpc) is 2.24. The largest absolute Gasteiger partial charge is 0.433 e. The molecule has 0 spiro atoms. The summed E-state index contributed by atoms with van der Waals surface area (Å²) in [5.74, 6) is 0. The van der Waals surface area contributed by atoms with Crippen molar-refractivity contribution >= 4 is 11.6 Å². The summed E-state index contributed by atoms with van der Waals surface area (Å²) in [7, 11) is 0. The third-order valence-electron chi connectivity index (χ3n) is 2.31. The van der Waals surface area contributed by atoms with Gasteiger partial charge in [0.15, 0.2) is 0 Å². The number of ether oxygens (including phenoxy) is 1. The minimum absolute atomic E-state index is 0.0732. The molecule has 1 aromatic heterocycles. The molecule has 0 amide bonds. The molecule has 0 aromatic carbocycles. The Morgan fingerprint density at radius 2 is 2.00 bits per heavy atom. The Bertz CT molecular complexity index is 421. The van der Waals surface area contributed by atoms with Crippen molar-refractivity contribution in [3.05, 3.63) is 28.5 Å². The van der Waals surface area contributed by atoms with E-state index in [-0.39, 0.29) is 17.3 Å². The van der Waals surface area contributed by atoms with Gasteiger partial charge >= 0.3 is 6.18 Å². The minimum atomic E-state index is -4.56. The van der Waals surface area contributed by atoms with Gasteiger partial charge in [0, 0.05) is 12.2 Å². The van der Waals surface area contributed by atoms with Gasteiger partial charge in [0.2, 0.25) is 0 Å². The molecule has 1 unspecified atom stereocenters. The standard InChI is InChI=1S/C11H13ClF3NO2/c1-3-18-6-10(2,17)7-4-5-8(11(13,14)15)16-9(7)12/h4-5,17H,3,6H2,1-2H3. The van der Waals surface area contributed by atoms with Crippen molar-refractivity contribution in [2.24, 2.45) is 0 Å². The first-order valence-corrected chi connectivity index (χ1v) is 5.60. The highest BCUT2D eigenvalue weighted by Gasteiger charge is 2.35. The first-order valence-electron chi connectivity index (χ1n) is 5.23. The van der Waals surface area contributed by atoms with Gasteiger partial charge in [0.05, 0.1) is 6.61 Å². The van der Waals surface area contributed by atoms with Crippen LogP contribution in [0.5, 0.6) is 0 Å².